The van der Waals surface area contributed by atoms with Crippen LogP contribution in [0.5, 0.6) is 5.75 Å². The summed E-state index contributed by atoms with van der Waals surface area (Å²) in [6, 6.07) is 17.4. The average Bonchev–Trinajstić information content (AvgIpc) is 3.19. The summed E-state index contributed by atoms with van der Waals surface area (Å²) in [5, 5.41) is 12.1. The van der Waals surface area contributed by atoms with Crippen molar-refractivity contribution in [2.75, 3.05) is 6.61 Å². The van der Waals surface area contributed by atoms with Crippen molar-refractivity contribution in [1.82, 2.24) is 0 Å². The number of carbonyl (C=O) groups is 2. The summed E-state index contributed by atoms with van der Waals surface area (Å²) in [4.78, 5) is 30.0. The van der Waals surface area contributed by atoms with Crippen LogP contribution in [-0.2, 0) is 16.1 Å². The van der Waals surface area contributed by atoms with E-state index >= 15 is 0 Å². The van der Waals surface area contributed by atoms with E-state index in [0.717, 1.165) is 27.4 Å². The van der Waals surface area contributed by atoms with Gasteiger partial charge in [0.1, 0.15) is 28.7 Å². The number of aliphatic hydroxyl groups is 1. The predicted octanol–water partition coefficient (Wildman–Crippen LogP) is 8.35. The zero-order valence-electron chi connectivity index (χ0n) is 20.8. The van der Waals surface area contributed by atoms with Gasteiger partial charge in [-0.3, -0.25) is 4.79 Å². The number of aliphatic imine (C=N–C) groups is 1. The molecular weight excluding hydrogens is 625 g/mol. The lowest BCUT2D eigenvalue weighted by molar-refractivity contribution is -0.138. The molecule has 1 amide bonds. The maximum atomic E-state index is 12.9. The summed E-state index contributed by atoms with van der Waals surface area (Å²) in [6.07, 6.45) is 1.65. The van der Waals surface area contributed by atoms with Gasteiger partial charge < -0.3 is 14.6 Å². The lowest BCUT2D eigenvalue weighted by Gasteiger charge is -2.12. The van der Waals surface area contributed by atoms with Crippen LogP contribution in [0.25, 0.3) is 6.08 Å². The number of carbonyl (C=O) groups excluding carboxylic acids is 2. The van der Waals surface area contributed by atoms with Crippen molar-refractivity contribution in [1.29, 1.82) is 0 Å². The lowest BCUT2D eigenvalue weighted by Crippen LogP contribution is -2.14. The fourth-order valence-corrected chi connectivity index (χ4v) is 5.39. The van der Waals surface area contributed by atoms with E-state index < -0.39 is 11.9 Å². The Morgan fingerprint density at radius 2 is 1.82 bits per heavy atom. The highest BCUT2D eigenvalue weighted by Crippen LogP contribution is 2.41. The molecule has 0 aliphatic carbocycles. The molecule has 0 saturated heterocycles. The summed E-state index contributed by atoms with van der Waals surface area (Å²) in [6.45, 7) is 3.83. The fourth-order valence-electron chi connectivity index (χ4n) is 3.54. The third kappa shape index (κ3) is 7.13. The maximum absolute atomic E-state index is 12.9. The molecule has 0 atom stereocenters. The molecule has 0 fully saturated rings. The molecule has 0 bridgehead atoms. The zero-order valence-corrected chi connectivity index (χ0v) is 24.7. The molecule has 1 heterocycles. The number of hydrogen-bond donors (Lipinski definition) is 1. The first kappa shape index (κ1) is 29.0. The number of amides is 1. The quantitative estimate of drug-likeness (QED) is 0.260. The van der Waals surface area contributed by atoms with Crippen molar-refractivity contribution >= 4 is 73.9 Å². The van der Waals surface area contributed by atoms with Crippen molar-refractivity contribution in [3.8, 4) is 5.75 Å². The largest absolute Gasteiger partial charge is 0.506 e. The van der Waals surface area contributed by atoms with E-state index in [-0.39, 0.29) is 29.6 Å². The van der Waals surface area contributed by atoms with Gasteiger partial charge in [0.15, 0.2) is 0 Å². The first-order valence-corrected chi connectivity index (χ1v) is 14.1. The Labute approximate surface area is 248 Å². The number of ether oxygens (including phenoxy) is 2. The Balaban J connectivity index is 1.69. The summed E-state index contributed by atoms with van der Waals surface area (Å²) >= 11 is 16.7. The Bertz CT molecular complexity index is 1530. The monoisotopic (exact) mass is 645 g/mol. The molecule has 200 valence electrons. The Morgan fingerprint density at radius 3 is 2.51 bits per heavy atom. The molecular formula is C29H22BrCl2NO5S. The molecule has 1 N–H and O–H groups in total. The Morgan fingerprint density at radius 1 is 1.08 bits per heavy atom. The van der Waals surface area contributed by atoms with Gasteiger partial charge in [-0.1, -0.05) is 74.7 Å². The van der Waals surface area contributed by atoms with Crippen LogP contribution in [0.4, 0.5) is 0 Å². The molecule has 6 nitrogen and oxygen atoms in total. The number of aliphatic hydroxyl groups excluding tert-OH is 1. The molecule has 0 aromatic heterocycles. The summed E-state index contributed by atoms with van der Waals surface area (Å²) in [7, 11) is 0. The molecule has 0 radical (unpaired) electrons. The Hall–Kier alpha value is -3.04. The van der Waals surface area contributed by atoms with Crippen molar-refractivity contribution in [3.63, 3.8) is 0 Å². The molecule has 3 aromatic rings. The second-order valence-corrected chi connectivity index (χ2v) is 11.1. The fraction of sp³-hybridized carbons (Fsp3) is 0.138. The van der Waals surface area contributed by atoms with Crippen LogP contribution >= 0.6 is 50.9 Å². The number of rotatable bonds is 7. The van der Waals surface area contributed by atoms with E-state index in [1.165, 1.54) is 0 Å². The molecule has 0 spiro atoms. The standard InChI is InChI=1S/C29H22BrCl2NO5S/c1-3-37-29(36)25-26(34)24(39-28(25)33-27(35)17-6-4-16(2)5-7-17)13-19-12-20(30)9-11-23(19)38-15-18-8-10-21(31)14-22(18)32/h4-14,34H,3,15H2,1-2H3/b24-13-,33-28?. The number of nitrogens with zero attached hydrogens (tertiary/aromatic N) is 1. The van der Waals surface area contributed by atoms with Gasteiger partial charge in [0.2, 0.25) is 0 Å². The highest BCUT2D eigenvalue weighted by Gasteiger charge is 2.34. The van der Waals surface area contributed by atoms with Crippen molar-refractivity contribution in [2.45, 2.75) is 20.5 Å². The van der Waals surface area contributed by atoms with Crippen LogP contribution in [0.2, 0.25) is 10.0 Å². The number of halogens is 3. The minimum Gasteiger partial charge on any atom is -0.506 e. The van der Waals surface area contributed by atoms with Gasteiger partial charge in [-0.25, -0.2) is 9.79 Å². The van der Waals surface area contributed by atoms with Crippen LogP contribution in [0.1, 0.15) is 34.0 Å². The minimum absolute atomic E-state index is 0.0492. The van der Waals surface area contributed by atoms with Gasteiger partial charge in [-0.15, -0.1) is 0 Å². The van der Waals surface area contributed by atoms with Gasteiger partial charge in [-0.05, 0) is 62.4 Å². The van der Waals surface area contributed by atoms with E-state index in [0.29, 0.717) is 31.8 Å². The predicted molar refractivity (Wildman–Crippen MR) is 160 cm³/mol. The second-order valence-electron chi connectivity index (χ2n) is 8.35. The van der Waals surface area contributed by atoms with Gasteiger partial charge >= 0.3 is 5.97 Å². The van der Waals surface area contributed by atoms with Crippen LogP contribution in [0.3, 0.4) is 0 Å². The second kappa shape index (κ2) is 12.9. The molecule has 1 aliphatic heterocycles. The summed E-state index contributed by atoms with van der Waals surface area (Å²) in [5.41, 5.74) is 2.54. The third-order valence-corrected chi connectivity index (χ3v) is 7.63. The third-order valence-electron chi connectivity index (χ3n) is 5.53. The van der Waals surface area contributed by atoms with Gasteiger partial charge in [-0.2, -0.15) is 0 Å². The minimum atomic E-state index is -0.774. The highest BCUT2D eigenvalue weighted by molar-refractivity contribution is 9.10. The van der Waals surface area contributed by atoms with Crippen LogP contribution in [-0.4, -0.2) is 28.6 Å². The van der Waals surface area contributed by atoms with Gasteiger partial charge in [0, 0.05) is 31.2 Å². The first-order valence-electron chi connectivity index (χ1n) is 11.7. The smallest absolute Gasteiger partial charge is 0.344 e. The number of thioether (sulfide) groups is 1. The Kier molecular flexibility index (Phi) is 9.56. The number of benzene rings is 3. The number of aryl methyl sites for hydroxylation is 1. The van der Waals surface area contributed by atoms with E-state index in [9.17, 15) is 14.7 Å². The molecule has 39 heavy (non-hydrogen) atoms. The molecule has 0 saturated carbocycles. The normalized spacial score (nSPS) is 15.2. The highest BCUT2D eigenvalue weighted by atomic mass is 79.9. The summed E-state index contributed by atoms with van der Waals surface area (Å²) in [5.74, 6) is -1.14. The van der Waals surface area contributed by atoms with Crippen molar-refractivity contribution in [2.24, 2.45) is 4.99 Å². The molecule has 1 aliphatic rings. The maximum Gasteiger partial charge on any atom is 0.344 e. The average molecular weight is 647 g/mol. The molecule has 0 unspecified atom stereocenters. The van der Waals surface area contributed by atoms with Gasteiger partial charge in [0.25, 0.3) is 5.91 Å². The number of hydrogen-bond acceptors (Lipinski definition) is 6. The molecule has 4 rings (SSSR count). The lowest BCUT2D eigenvalue weighted by atomic mass is 10.1. The van der Waals surface area contributed by atoms with Crippen molar-refractivity contribution < 1.29 is 24.2 Å². The van der Waals surface area contributed by atoms with Crippen LogP contribution < -0.4 is 4.74 Å². The van der Waals surface area contributed by atoms with Crippen LogP contribution in [0, 0.1) is 6.92 Å². The summed E-state index contributed by atoms with van der Waals surface area (Å²) < 4.78 is 11.9. The van der Waals surface area contributed by atoms with E-state index in [1.807, 2.05) is 13.0 Å². The van der Waals surface area contributed by atoms with E-state index in [4.69, 9.17) is 32.7 Å². The molecule has 10 heteroatoms. The van der Waals surface area contributed by atoms with E-state index in [1.54, 1.807) is 67.6 Å². The first-order chi connectivity index (χ1) is 18.7. The van der Waals surface area contributed by atoms with Crippen LogP contribution in [0.15, 0.2) is 86.4 Å². The SMILES string of the molecule is CCOC(=O)C1=C(O)/C(=C/c2cc(Br)ccc2OCc2ccc(Cl)cc2Cl)SC1=NC(=O)c1ccc(C)cc1. The van der Waals surface area contributed by atoms with E-state index in [2.05, 4.69) is 20.9 Å². The molecule has 3 aromatic carbocycles. The number of esters is 1. The van der Waals surface area contributed by atoms with Crippen molar-refractivity contribution in [3.05, 3.63) is 114 Å². The topological polar surface area (TPSA) is 85.2 Å². The van der Waals surface area contributed by atoms with Gasteiger partial charge in [0.05, 0.1) is 11.5 Å². The zero-order chi connectivity index (χ0) is 28.1.